The molecule has 2 atom stereocenters. The van der Waals surface area contributed by atoms with Crippen molar-refractivity contribution in [1.29, 1.82) is 0 Å². The van der Waals surface area contributed by atoms with Crippen molar-refractivity contribution in [1.82, 2.24) is 5.32 Å². The largest absolute Gasteiger partial charge is 0.484 e. The molecule has 0 aliphatic carbocycles. The molecular formula is C20H21FN2O4. The molecular weight excluding hydrogens is 351 g/mol. The van der Waals surface area contributed by atoms with Gasteiger partial charge in [0.25, 0.3) is 5.91 Å². The minimum absolute atomic E-state index is 0.230. The van der Waals surface area contributed by atoms with Gasteiger partial charge in [0.05, 0.1) is 6.04 Å². The second-order valence-electron chi connectivity index (χ2n) is 7.29. The first-order valence-electron chi connectivity index (χ1n) is 8.44. The Morgan fingerprint density at radius 1 is 1.11 bits per heavy atom. The molecule has 2 aromatic carbocycles. The first-order chi connectivity index (χ1) is 12.5. The molecule has 142 valence electrons. The van der Waals surface area contributed by atoms with Crippen molar-refractivity contribution >= 4 is 11.8 Å². The molecule has 1 aliphatic rings. The monoisotopic (exact) mass is 372 g/mol. The van der Waals surface area contributed by atoms with Crippen LogP contribution >= 0.6 is 0 Å². The number of halogens is 1. The second-order valence-corrected chi connectivity index (χ2v) is 7.29. The summed E-state index contributed by atoms with van der Waals surface area (Å²) in [6, 6.07) is 8.79. The molecule has 1 heterocycles. The van der Waals surface area contributed by atoms with Crippen LogP contribution in [0, 0.1) is 5.82 Å². The fraction of sp³-hybridized carbons (Fsp3) is 0.300. The van der Waals surface area contributed by atoms with E-state index < -0.39 is 34.9 Å². The van der Waals surface area contributed by atoms with Crippen LogP contribution in [0.15, 0.2) is 42.5 Å². The van der Waals surface area contributed by atoms with Gasteiger partial charge >= 0.3 is 0 Å². The lowest BCUT2D eigenvalue weighted by atomic mass is 9.75. The summed E-state index contributed by atoms with van der Waals surface area (Å²) < 4.78 is 19.0. The van der Waals surface area contributed by atoms with E-state index in [2.05, 4.69) is 5.32 Å². The minimum Gasteiger partial charge on any atom is -0.484 e. The quantitative estimate of drug-likeness (QED) is 0.769. The lowest BCUT2D eigenvalue weighted by Crippen LogP contribution is -2.62. The third-order valence-corrected chi connectivity index (χ3v) is 5.13. The number of benzene rings is 2. The number of amides is 2. The molecule has 6 nitrogen and oxygen atoms in total. The van der Waals surface area contributed by atoms with Crippen LogP contribution in [0.4, 0.5) is 4.39 Å². The molecule has 0 saturated carbocycles. The number of carbonyl (C=O) groups excluding carboxylic acids is 2. The highest BCUT2D eigenvalue weighted by atomic mass is 19.1. The summed E-state index contributed by atoms with van der Waals surface area (Å²) in [5, 5.41) is 13.9. The van der Waals surface area contributed by atoms with Crippen molar-refractivity contribution in [3.63, 3.8) is 0 Å². The highest BCUT2D eigenvalue weighted by Gasteiger charge is 2.53. The molecule has 0 fully saturated rings. The molecule has 3 rings (SSSR count). The number of hydrogen-bond donors (Lipinski definition) is 3. The van der Waals surface area contributed by atoms with Gasteiger partial charge in [0.2, 0.25) is 5.91 Å². The van der Waals surface area contributed by atoms with Crippen LogP contribution in [0.5, 0.6) is 5.75 Å². The average Bonchev–Trinajstić information content (AvgIpc) is 2.59. The fourth-order valence-electron chi connectivity index (χ4n) is 3.08. The Morgan fingerprint density at radius 3 is 2.30 bits per heavy atom. The van der Waals surface area contributed by atoms with E-state index in [9.17, 15) is 19.1 Å². The SMILES string of the molecule is CC1(C)Oc2ccc(C(N)=O)cc2C(NC(=O)c2ccc(F)cc2)C1(C)O. The number of hydrogen-bond acceptors (Lipinski definition) is 4. The van der Waals surface area contributed by atoms with Crippen LogP contribution in [0.1, 0.15) is 53.1 Å². The Morgan fingerprint density at radius 2 is 1.70 bits per heavy atom. The van der Waals surface area contributed by atoms with Gasteiger partial charge in [-0.3, -0.25) is 9.59 Å². The molecule has 0 bridgehead atoms. The van der Waals surface area contributed by atoms with Crippen molar-refractivity contribution in [2.75, 3.05) is 0 Å². The number of nitrogens with two attached hydrogens (primary N) is 1. The summed E-state index contributed by atoms with van der Waals surface area (Å²) in [5.41, 5.74) is 3.72. The molecule has 27 heavy (non-hydrogen) atoms. The molecule has 2 unspecified atom stereocenters. The van der Waals surface area contributed by atoms with E-state index in [4.69, 9.17) is 10.5 Å². The molecule has 4 N–H and O–H groups in total. The van der Waals surface area contributed by atoms with Crippen LogP contribution in [0.25, 0.3) is 0 Å². The van der Waals surface area contributed by atoms with Crippen LogP contribution in [0.2, 0.25) is 0 Å². The summed E-state index contributed by atoms with van der Waals surface area (Å²) in [4.78, 5) is 24.2. The predicted octanol–water partition coefficient (Wildman–Crippen LogP) is 2.32. The van der Waals surface area contributed by atoms with Gasteiger partial charge in [-0.1, -0.05) is 0 Å². The van der Waals surface area contributed by atoms with Gasteiger partial charge < -0.3 is 20.9 Å². The highest BCUT2D eigenvalue weighted by molar-refractivity contribution is 5.95. The summed E-state index contributed by atoms with van der Waals surface area (Å²) in [6.45, 7) is 4.95. The number of ether oxygens (including phenoxy) is 1. The maximum Gasteiger partial charge on any atom is 0.251 e. The Labute approximate surface area is 156 Å². The zero-order valence-electron chi connectivity index (χ0n) is 15.2. The van der Waals surface area contributed by atoms with E-state index >= 15 is 0 Å². The van der Waals surface area contributed by atoms with E-state index in [0.29, 0.717) is 11.3 Å². The number of primary amides is 1. The van der Waals surface area contributed by atoms with Gasteiger partial charge in [-0.15, -0.1) is 0 Å². The smallest absolute Gasteiger partial charge is 0.251 e. The standard InChI is InChI=1S/C20H21FN2O4/c1-19(2)20(3,26)16(23-18(25)11-4-7-13(21)8-5-11)14-10-12(17(22)24)6-9-15(14)27-19/h4-10,16,26H,1-3H3,(H2,22,24)(H,23,25). The van der Waals surface area contributed by atoms with Crippen molar-refractivity contribution in [2.45, 2.75) is 38.0 Å². The van der Waals surface area contributed by atoms with E-state index in [1.165, 1.54) is 36.4 Å². The normalized spacial score (nSPS) is 23.1. The zero-order chi connectivity index (χ0) is 20.0. The van der Waals surface area contributed by atoms with Gasteiger partial charge in [-0.25, -0.2) is 4.39 Å². The molecule has 0 saturated heterocycles. The minimum atomic E-state index is -1.51. The fourth-order valence-corrected chi connectivity index (χ4v) is 3.08. The number of aliphatic hydroxyl groups is 1. The third-order valence-electron chi connectivity index (χ3n) is 5.13. The van der Waals surface area contributed by atoms with Crippen molar-refractivity contribution in [3.8, 4) is 5.75 Å². The van der Waals surface area contributed by atoms with Gasteiger partial charge in [0, 0.05) is 16.7 Å². The predicted molar refractivity (Wildman–Crippen MR) is 96.9 cm³/mol. The van der Waals surface area contributed by atoms with Gasteiger partial charge in [0.1, 0.15) is 22.8 Å². The van der Waals surface area contributed by atoms with Gasteiger partial charge in [-0.2, -0.15) is 0 Å². The van der Waals surface area contributed by atoms with E-state index in [1.54, 1.807) is 26.8 Å². The van der Waals surface area contributed by atoms with Gasteiger partial charge in [0.15, 0.2) is 0 Å². The molecule has 2 amide bonds. The number of rotatable bonds is 3. The molecule has 0 radical (unpaired) electrons. The van der Waals surface area contributed by atoms with E-state index in [1.807, 2.05) is 0 Å². The Hall–Kier alpha value is -2.93. The topological polar surface area (TPSA) is 102 Å². The van der Waals surface area contributed by atoms with Crippen molar-refractivity contribution in [2.24, 2.45) is 5.73 Å². The molecule has 1 aliphatic heterocycles. The maximum absolute atomic E-state index is 13.1. The Kier molecular flexibility index (Phi) is 4.43. The van der Waals surface area contributed by atoms with Crippen LogP contribution < -0.4 is 15.8 Å². The second kappa shape index (κ2) is 6.35. The first kappa shape index (κ1) is 18.8. The maximum atomic E-state index is 13.1. The van der Waals surface area contributed by atoms with E-state index in [0.717, 1.165) is 0 Å². The van der Waals surface area contributed by atoms with Crippen LogP contribution in [-0.2, 0) is 0 Å². The average molecular weight is 372 g/mol. The van der Waals surface area contributed by atoms with Crippen molar-refractivity contribution in [3.05, 3.63) is 65.0 Å². The summed E-state index contributed by atoms with van der Waals surface area (Å²) in [6.07, 6.45) is 0. The highest BCUT2D eigenvalue weighted by Crippen LogP contribution is 2.46. The summed E-state index contributed by atoms with van der Waals surface area (Å²) in [7, 11) is 0. The summed E-state index contributed by atoms with van der Waals surface area (Å²) >= 11 is 0. The Bertz CT molecular complexity index is 907. The zero-order valence-corrected chi connectivity index (χ0v) is 15.2. The molecule has 2 aromatic rings. The van der Waals surface area contributed by atoms with Crippen LogP contribution in [-0.4, -0.2) is 28.1 Å². The van der Waals surface area contributed by atoms with Crippen molar-refractivity contribution < 1.29 is 23.8 Å². The van der Waals surface area contributed by atoms with E-state index in [-0.39, 0.29) is 11.1 Å². The lowest BCUT2D eigenvalue weighted by Gasteiger charge is -2.49. The lowest BCUT2D eigenvalue weighted by molar-refractivity contribution is -0.137. The molecule has 7 heteroatoms. The molecule has 0 aromatic heterocycles. The summed E-state index contributed by atoms with van der Waals surface area (Å²) in [5.74, 6) is -1.15. The first-order valence-corrected chi connectivity index (χ1v) is 8.44. The molecule has 0 spiro atoms. The number of fused-ring (bicyclic) bond motifs is 1. The third kappa shape index (κ3) is 3.26. The Balaban J connectivity index is 2.05. The van der Waals surface area contributed by atoms with Gasteiger partial charge in [-0.05, 0) is 63.2 Å². The number of carbonyl (C=O) groups is 2. The van der Waals surface area contributed by atoms with Crippen LogP contribution in [0.3, 0.4) is 0 Å². The number of nitrogens with one attached hydrogen (secondary N) is 1.